The van der Waals surface area contributed by atoms with Gasteiger partial charge in [-0.2, -0.15) is 0 Å². The standard InChI is InChI=1S/C16H21N3O2/c1-9(2)13-8-14(19-21-13)18-16(20)12-7-6-11(5)17-15(12)10(3)4/h6-10H,1-5H3,(H,18,19,20). The number of anilines is 1. The highest BCUT2D eigenvalue weighted by atomic mass is 16.5. The van der Waals surface area contributed by atoms with Crippen molar-refractivity contribution in [3.8, 4) is 0 Å². The first-order valence-corrected chi connectivity index (χ1v) is 7.14. The minimum absolute atomic E-state index is 0.175. The number of carbonyl (C=O) groups excluding carboxylic acids is 1. The van der Waals surface area contributed by atoms with E-state index in [9.17, 15) is 4.79 Å². The van der Waals surface area contributed by atoms with E-state index in [0.717, 1.165) is 17.1 Å². The molecule has 0 aliphatic carbocycles. The summed E-state index contributed by atoms with van der Waals surface area (Å²) in [7, 11) is 0. The summed E-state index contributed by atoms with van der Waals surface area (Å²) < 4.78 is 5.18. The number of aromatic nitrogens is 2. The molecule has 0 aliphatic heterocycles. The summed E-state index contributed by atoms with van der Waals surface area (Å²) in [6, 6.07) is 5.39. The van der Waals surface area contributed by atoms with E-state index in [4.69, 9.17) is 4.52 Å². The fourth-order valence-corrected chi connectivity index (χ4v) is 2.01. The van der Waals surface area contributed by atoms with E-state index in [1.54, 1.807) is 12.1 Å². The highest BCUT2D eigenvalue weighted by Gasteiger charge is 2.17. The Balaban J connectivity index is 2.23. The minimum Gasteiger partial charge on any atom is -0.359 e. The molecule has 112 valence electrons. The van der Waals surface area contributed by atoms with Crippen molar-refractivity contribution in [1.29, 1.82) is 0 Å². The Morgan fingerprint density at radius 2 is 1.90 bits per heavy atom. The Bertz CT molecular complexity index is 645. The quantitative estimate of drug-likeness (QED) is 0.926. The van der Waals surface area contributed by atoms with Crippen LogP contribution >= 0.6 is 0 Å². The Morgan fingerprint density at radius 3 is 2.48 bits per heavy atom. The minimum atomic E-state index is -0.213. The first-order chi connectivity index (χ1) is 9.88. The Morgan fingerprint density at radius 1 is 1.19 bits per heavy atom. The summed E-state index contributed by atoms with van der Waals surface area (Å²) in [5.74, 6) is 1.37. The molecule has 2 aromatic rings. The van der Waals surface area contributed by atoms with Gasteiger partial charge in [-0.05, 0) is 25.0 Å². The predicted octanol–water partition coefficient (Wildman–Crippen LogP) is 3.88. The van der Waals surface area contributed by atoms with E-state index in [2.05, 4.69) is 15.5 Å². The molecule has 0 spiro atoms. The van der Waals surface area contributed by atoms with Crippen molar-refractivity contribution < 1.29 is 9.32 Å². The van der Waals surface area contributed by atoms with E-state index in [1.807, 2.05) is 40.7 Å². The van der Waals surface area contributed by atoms with Crippen molar-refractivity contribution in [2.75, 3.05) is 5.32 Å². The maximum absolute atomic E-state index is 12.4. The molecular weight excluding hydrogens is 266 g/mol. The molecule has 0 aromatic carbocycles. The predicted molar refractivity (Wildman–Crippen MR) is 81.6 cm³/mol. The molecule has 2 aromatic heterocycles. The average molecular weight is 287 g/mol. The van der Waals surface area contributed by atoms with Gasteiger partial charge in [0.05, 0.1) is 11.3 Å². The molecule has 0 saturated carbocycles. The molecule has 0 radical (unpaired) electrons. The van der Waals surface area contributed by atoms with Crippen LogP contribution in [0.5, 0.6) is 0 Å². The van der Waals surface area contributed by atoms with Crippen molar-refractivity contribution in [1.82, 2.24) is 10.1 Å². The summed E-state index contributed by atoms with van der Waals surface area (Å²) in [4.78, 5) is 16.9. The van der Waals surface area contributed by atoms with Crippen molar-refractivity contribution in [2.24, 2.45) is 0 Å². The number of carbonyl (C=O) groups is 1. The summed E-state index contributed by atoms with van der Waals surface area (Å²) in [6.45, 7) is 9.97. The van der Waals surface area contributed by atoms with Gasteiger partial charge in [-0.25, -0.2) is 0 Å². The van der Waals surface area contributed by atoms with Crippen molar-refractivity contribution in [3.63, 3.8) is 0 Å². The normalized spacial score (nSPS) is 11.2. The van der Waals surface area contributed by atoms with E-state index in [0.29, 0.717) is 11.4 Å². The van der Waals surface area contributed by atoms with E-state index >= 15 is 0 Å². The molecule has 2 rings (SSSR count). The number of pyridine rings is 1. The second-order valence-electron chi connectivity index (χ2n) is 5.76. The molecule has 21 heavy (non-hydrogen) atoms. The van der Waals surface area contributed by atoms with E-state index in [1.165, 1.54) is 0 Å². The van der Waals surface area contributed by atoms with Crippen LogP contribution in [-0.2, 0) is 0 Å². The van der Waals surface area contributed by atoms with Gasteiger partial charge in [0.15, 0.2) is 5.82 Å². The molecule has 0 saturated heterocycles. The lowest BCUT2D eigenvalue weighted by molar-refractivity contribution is 0.102. The number of hydrogen-bond acceptors (Lipinski definition) is 4. The monoisotopic (exact) mass is 287 g/mol. The molecule has 1 amide bonds. The fourth-order valence-electron chi connectivity index (χ4n) is 2.01. The Kier molecular flexibility index (Phi) is 4.40. The molecule has 0 fully saturated rings. The van der Waals surface area contributed by atoms with E-state index in [-0.39, 0.29) is 17.7 Å². The summed E-state index contributed by atoms with van der Waals surface area (Å²) >= 11 is 0. The van der Waals surface area contributed by atoms with Gasteiger partial charge < -0.3 is 9.84 Å². The smallest absolute Gasteiger partial charge is 0.258 e. The van der Waals surface area contributed by atoms with Crippen LogP contribution in [0.2, 0.25) is 0 Å². The zero-order valence-electron chi connectivity index (χ0n) is 13.1. The summed E-state index contributed by atoms with van der Waals surface area (Å²) in [5.41, 5.74) is 2.27. The number of hydrogen-bond donors (Lipinski definition) is 1. The SMILES string of the molecule is Cc1ccc(C(=O)Nc2cc(C(C)C)on2)c(C(C)C)n1. The average Bonchev–Trinajstić information content (AvgIpc) is 2.87. The first-order valence-electron chi connectivity index (χ1n) is 7.14. The number of aryl methyl sites for hydroxylation is 1. The molecule has 5 heteroatoms. The Hall–Kier alpha value is -2.17. The largest absolute Gasteiger partial charge is 0.359 e. The number of rotatable bonds is 4. The lowest BCUT2D eigenvalue weighted by atomic mass is 10.0. The van der Waals surface area contributed by atoms with Crippen LogP contribution in [0.1, 0.15) is 67.0 Å². The second-order valence-corrected chi connectivity index (χ2v) is 5.76. The highest BCUT2D eigenvalue weighted by molar-refractivity contribution is 6.04. The molecule has 5 nitrogen and oxygen atoms in total. The Labute approximate surface area is 124 Å². The third-order valence-corrected chi connectivity index (χ3v) is 3.19. The maximum Gasteiger partial charge on any atom is 0.258 e. The second kappa shape index (κ2) is 6.08. The van der Waals surface area contributed by atoms with Gasteiger partial charge in [-0.15, -0.1) is 0 Å². The van der Waals surface area contributed by atoms with Crippen LogP contribution in [-0.4, -0.2) is 16.0 Å². The van der Waals surface area contributed by atoms with Gasteiger partial charge in [0.25, 0.3) is 5.91 Å². The van der Waals surface area contributed by atoms with Crippen LogP contribution in [0, 0.1) is 6.92 Å². The third-order valence-electron chi connectivity index (χ3n) is 3.19. The van der Waals surface area contributed by atoms with Crippen LogP contribution in [0.4, 0.5) is 5.82 Å². The van der Waals surface area contributed by atoms with Gasteiger partial charge in [-0.3, -0.25) is 9.78 Å². The zero-order chi connectivity index (χ0) is 15.6. The van der Waals surface area contributed by atoms with Crippen molar-refractivity contribution >= 4 is 11.7 Å². The molecular formula is C16H21N3O2. The lowest BCUT2D eigenvalue weighted by Crippen LogP contribution is -2.16. The van der Waals surface area contributed by atoms with Crippen LogP contribution in [0.3, 0.4) is 0 Å². The van der Waals surface area contributed by atoms with Gasteiger partial charge >= 0.3 is 0 Å². The van der Waals surface area contributed by atoms with Crippen molar-refractivity contribution in [2.45, 2.75) is 46.5 Å². The molecule has 1 N–H and O–H groups in total. The third kappa shape index (κ3) is 3.48. The van der Waals surface area contributed by atoms with Crippen LogP contribution < -0.4 is 5.32 Å². The molecule has 0 bridgehead atoms. The van der Waals surface area contributed by atoms with Crippen molar-refractivity contribution in [3.05, 3.63) is 40.9 Å². The van der Waals surface area contributed by atoms with E-state index < -0.39 is 0 Å². The molecule has 0 unspecified atom stereocenters. The van der Waals surface area contributed by atoms with Gasteiger partial charge in [-0.1, -0.05) is 32.9 Å². The fraction of sp³-hybridized carbons (Fsp3) is 0.438. The van der Waals surface area contributed by atoms with Crippen LogP contribution in [0.25, 0.3) is 0 Å². The first kappa shape index (κ1) is 15.2. The zero-order valence-corrected chi connectivity index (χ0v) is 13.1. The number of amides is 1. The van der Waals surface area contributed by atoms with Gasteiger partial charge in [0.1, 0.15) is 5.76 Å². The molecule has 0 atom stereocenters. The summed E-state index contributed by atoms with van der Waals surface area (Å²) in [5, 5.41) is 6.63. The van der Waals surface area contributed by atoms with Gasteiger partial charge in [0.2, 0.25) is 0 Å². The molecule has 0 aliphatic rings. The van der Waals surface area contributed by atoms with Crippen LogP contribution in [0.15, 0.2) is 22.7 Å². The number of nitrogens with one attached hydrogen (secondary N) is 1. The maximum atomic E-state index is 12.4. The van der Waals surface area contributed by atoms with Gasteiger partial charge in [0, 0.05) is 17.7 Å². The lowest BCUT2D eigenvalue weighted by Gasteiger charge is -2.11. The topological polar surface area (TPSA) is 68.0 Å². The highest BCUT2D eigenvalue weighted by Crippen LogP contribution is 2.21. The summed E-state index contributed by atoms with van der Waals surface area (Å²) in [6.07, 6.45) is 0. The number of nitrogens with zero attached hydrogens (tertiary/aromatic N) is 2. The molecule has 2 heterocycles.